The largest absolute Gasteiger partial charge is 0.345 e. The molecule has 0 radical (unpaired) electrons. The molecule has 16 heavy (non-hydrogen) atoms. The molecule has 0 saturated carbocycles. The second-order valence-corrected chi connectivity index (χ2v) is 4.05. The van der Waals surface area contributed by atoms with Crippen LogP contribution in [0.2, 0.25) is 10.0 Å². The molecule has 1 amide bonds. The standard InChI is InChI=1S/C9H8Cl2N2O3/c1-12(2)9(14)5-3-8(13(15)16)7(11)4-6(5)10/h3-4H,1-2H3. The van der Waals surface area contributed by atoms with Crippen LogP contribution >= 0.6 is 23.2 Å². The first-order valence-electron chi connectivity index (χ1n) is 4.19. The summed E-state index contributed by atoms with van der Waals surface area (Å²) in [6, 6.07) is 2.27. The molecule has 0 unspecified atom stereocenters. The van der Waals surface area contributed by atoms with E-state index in [-0.39, 0.29) is 21.3 Å². The van der Waals surface area contributed by atoms with Crippen LogP contribution in [-0.2, 0) is 0 Å². The predicted octanol–water partition coefficient (Wildman–Crippen LogP) is 2.60. The van der Waals surface area contributed by atoms with Gasteiger partial charge in [-0.15, -0.1) is 0 Å². The number of halogens is 2. The molecule has 0 spiro atoms. The molecule has 0 aliphatic rings. The van der Waals surface area contributed by atoms with Crippen LogP contribution in [0.1, 0.15) is 10.4 Å². The van der Waals surface area contributed by atoms with Gasteiger partial charge in [0.15, 0.2) is 0 Å². The van der Waals surface area contributed by atoms with Crippen LogP contribution in [0.15, 0.2) is 12.1 Å². The van der Waals surface area contributed by atoms with Gasteiger partial charge in [0.25, 0.3) is 11.6 Å². The Morgan fingerprint density at radius 1 is 1.31 bits per heavy atom. The van der Waals surface area contributed by atoms with E-state index in [9.17, 15) is 14.9 Å². The molecule has 86 valence electrons. The highest BCUT2D eigenvalue weighted by atomic mass is 35.5. The van der Waals surface area contributed by atoms with Crippen LogP contribution in [0, 0.1) is 10.1 Å². The molecule has 1 aromatic carbocycles. The fourth-order valence-corrected chi connectivity index (χ4v) is 1.62. The molecule has 7 heteroatoms. The SMILES string of the molecule is CN(C)C(=O)c1cc([N+](=O)[O-])c(Cl)cc1Cl. The molecule has 0 atom stereocenters. The molecule has 0 N–H and O–H groups in total. The van der Waals surface area contributed by atoms with Crippen molar-refractivity contribution >= 4 is 34.8 Å². The Morgan fingerprint density at radius 3 is 2.31 bits per heavy atom. The molecular weight excluding hydrogens is 255 g/mol. The molecule has 1 aromatic rings. The van der Waals surface area contributed by atoms with Crippen LogP contribution < -0.4 is 0 Å². The van der Waals surface area contributed by atoms with E-state index < -0.39 is 10.8 Å². The second kappa shape index (κ2) is 4.67. The lowest BCUT2D eigenvalue weighted by atomic mass is 10.2. The zero-order valence-corrected chi connectivity index (χ0v) is 10.0. The van der Waals surface area contributed by atoms with Crippen LogP contribution in [0.3, 0.4) is 0 Å². The van der Waals surface area contributed by atoms with Crippen molar-refractivity contribution in [3.63, 3.8) is 0 Å². The van der Waals surface area contributed by atoms with Gasteiger partial charge in [0, 0.05) is 20.2 Å². The topological polar surface area (TPSA) is 63.5 Å². The van der Waals surface area contributed by atoms with E-state index in [0.717, 1.165) is 6.07 Å². The maximum Gasteiger partial charge on any atom is 0.288 e. The Labute approximate surface area is 102 Å². The van der Waals surface area contributed by atoms with Crippen molar-refractivity contribution < 1.29 is 9.72 Å². The number of carbonyl (C=O) groups is 1. The minimum Gasteiger partial charge on any atom is -0.345 e. The van der Waals surface area contributed by atoms with Crippen molar-refractivity contribution in [2.24, 2.45) is 0 Å². The van der Waals surface area contributed by atoms with Crippen molar-refractivity contribution in [3.8, 4) is 0 Å². The van der Waals surface area contributed by atoms with Gasteiger partial charge in [0.2, 0.25) is 0 Å². The summed E-state index contributed by atoms with van der Waals surface area (Å²) >= 11 is 11.4. The fraction of sp³-hybridized carbons (Fsp3) is 0.222. The molecule has 0 aliphatic heterocycles. The normalized spacial score (nSPS) is 10.0. The van der Waals surface area contributed by atoms with E-state index in [1.807, 2.05) is 0 Å². The number of nitro benzene ring substituents is 1. The Bertz CT molecular complexity index is 460. The fourth-order valence-electron chi connectivity index (χ4n) is 1.08. The monoisotopic (exact) mass is 262 g/mol. The molecule has 1 rings (SSSR count). The summed E-state index contributed by atoms with van der Waals surface area (Å²) in [5.41, 5.74) is -0.279. The van der Waals surface area contributed by atoms with Gasteiger partial charge in [-0.2, -0.15) is 0 Å². The third kappa shape index (κ3) is 2.43. The number of hydrogen-bond acceptors (Lipinski definition) is 3. The van der Waals surface area contributed by atoms with Gasteiger partial charge in [-0.3, -0.25) is 14.9 Å². The van der Waals surface area contributed by atoms with Gasteiger partial charge in [0.1, 0.15) is 5.02 Å². The summed E-state index contributed by atoms with van der Waals surface area (Å²) < 4.78 is 0. The molecule has 0 saturated heterocycles. The first kappa shape index (κ1) is 12.7. The average Bonchev–Trinajstić information content (AvgIpc) is 2.16. The highest BCUT2D eigenvalue weighted by molar-refractivity contribution is 6.37. The number of hydrogen-bond donors (Lipinski definition) is 0. The second-order valence-electron chi connectivity index (χ2n) is 3.24. The van der Waals surface area contributed by atoms with Gasteiger partial charge < -0.3 is 4.90 Å². The van der Waals surface area contributed by atoms with Crippen molar-refractivity contribution in [2.75, 3.05) is 14.1 Å². The van der Waals surface area contributed by atoms with E-state index >= 15 is 0 Å². The molecule has 0 aliphatic carbocycles. The van der Waals surface area contributed by atoms with E-state index in [1.54, 1.807) is 0 Å². The lowest BCUT2D eigenvalue weighted by Gasteiger charge is -2.11. The summed E-state index contributed by atoms with van der Waals surface area (Å²) in [7, 11) is 3.05. The Kier molecular flexibility index (Phi) is 3.72. The first-order valence-corrected chi connectivity index (χ1v) is 4.95. The quantitative estimate of drug-likeness (QED) is 0.608. The smallest absolute Gasteiger partial charge is 0.288 e. The highest BCUT2D eigenvalue weighted by Gasteiger charge is 2.20. The van der Waals surface area contributed by atoms with Crippen LogP contribution in [0.4, 0.5) is 5.69 Å². The van der Waals surface area contributed by atoms with E-state index in [0.29, 0.717) is 0 Å². The Balaban J connectivity index is 3.36. The zero-order chi connectivity index (χ0) is 12.5. The van der Waals surface area contributed by atoms with Crippen LogP contribution in [0.5, 0.6) is 0 Å². The van der Waals surface area contributed by atoms with Crippen LogP contribution in [0.25, 0.3) is 0 Å². The number of benzene rings is 1. The third-order valence-electron chi connectivity index (χ3n) is 1.87. The van der Waals surface area contributed by atoms with Crippen molar-refractivity contribution in [1.82, 2.24) is 4.90 Å². The Morgan fingerprint density at radius 2 is 1.88 bits per heavy atom. The van der Waals surface area contributed by atoms with Gasteiger partial charge in [-0.1, -0.05) is 23.2 Å². The van der Waals surface area contributed by atoms with Gasteiger partial charge in [0.05, 0.1) is 15.5 Å². The van der Waals surface area contributed by atoms with Gasteiger partial charge in [-0.25, -0.2) is 0 Å². The molecule has 0 aromatic heterocycles. The zero-order valence-electron chi connectivity index (χ0n) is 8.53. The van der Waals surface area contributed by atoms with E-state index in [2.05, 4.69) is 0 Å². The number of rotatable bonds is 2. The van der Waals surface area contributed by atoms with Crippen molar-refractivity contribution in [3.05, 3.63) is 37.9 Å². The number of nitrogens with zero attached hydrogens (tertiary/aromatic N) is 2. The molecule has 0 heterocycles. The number of amides is 1. The molecule has 0 fully saturated rings. The van der Waals surface area contributed by atoms with Crippen molar-refractivity contribution in [1.29, 1.82) is 0 Å². The lowest BCUT2D eigenvalue weighted by molar-refractivity contribution is -0.384. The van der Waals surface area contributed by atoms with Crippen LogP contribution in [-0.4, -0.2) is 29.8 Å². The lowest BCUT2D eigenvalue weighted by Crippen LogP contribution is -2.22. The van der Waals surface area contributed by atoms with E-state index in [1.165, 1.54) is 25.1 Å². The number of carbonyl (C=O) groups excluding carboxylic acids is 1. The molecule has 0 bridgehead atoms. The minimum atomic E-state index is -0.662. The summed E-state index contributed by atoms with van der Waals surface area (Å²) in [6.45, 7) is 0. The summed E-state index contributed by atoms with van der Waals surface area (Å²) in [6.07, 6.45) is 0. The van der Waals surface area contributed by atoms with Crippen molar-refractivity contribution in [2.45, 2.75) is 0 Å². The molecule has 5 nitrogen and oxygen atoms in total. The summed E-state index contributed by atoms with van der Waals surface area (Å²) in [4.78, 5) is 22.9. The average molecular weight is 263 g/mol. The van der Waals surface area contributed by atoms with Gasteiger partial charge in [-0.05, 0) is 6.07 Å². The maximum atomic E-state index is 11.6. The molecular formula is C9H8Cl2N2O3. The first-order chi connectivity index (χ1) is 7.34. The van der Waals surface area contributed by atoms with E-state index in [4.69, 9.17) is 23.2 Å². The summed E-state index contributed by atoms with van der Waals surface area (Å²) in [5.74, 6) is -0.412. The summed E-state index contributed by atoms with van der Waals surface area (Å²) in [5, 5.41) is 10.6. The maximum absolute atomic E-state index is 11.6. The minimum absolute atomic E-state index is 0.0581. The van der Waals surface area contributed by atoms with Gasteiger partial charge >= 0.3 is 0 Å². The highest BCUT2D eigenvalue weighted by Crippen LogP contribution is 2.31. The Hall–Kier alpha value is -1.33. The third-order valence-corrected chi connectivity index (χ3v) is 2.49. The number of nitro groups is 1. The predicted molar refractivity (Wildman–Crippen MR) is 61.1 cm³/mol.